The van der Waals surface area contributed by atoms with Crippen molar-refractivity contribution in [2.24, 2.45) is 5.41 Å². The molecule has 3 heteroatoms. The summed E-state index contributed by atoms with van der Waals surface area (Å²) < 4.78 is 5.15. The predicted octanol–water partition coefficient (Wildman–Crippen LogP) is 2.59. The Balaban J connectivity index is 1.92. The van der Waals surface area contributed by atoms with Crippen LogP contribution in [0.2, 0.25) is 0 Å². The van der Waals surface area contributed by atoms with E-state index in [0.29, 0.717) is 10.7 Å². The summed E-state index contributed by atoms with van der Waals surface area (Å²) in [5, 5.41) is 9.83. The Kier molecular flexibility index (Phi) is 2.53. The third kappa shape index (κ3) is 1.55. The lowest BCUT2D eigenvalue weighted by atomic mass is 9.60. The molecule has 1 heterocycles. The molecule has 0 radical (unpaired) electrons. The van der Waals surface area contributed by atoms with Crippen LogP contribution in [0, 0.1) is 16.7 Å². The van der Waals surface area contributed by atoms with Gasteiger partial charge in [0.2, 0.25) is 0 Å². The van der Waals surface area contributed by atoms with E-state index in [1.807, 2.05) is 11.8 Å². The van der Waals surface area contributed by atoms with Crippen LogP contribution < -0.4 is 0 Å². The van der Waals surface area contributed by atoms with Crippen molar-refractivity contribution in [3.8, 4) is 6.07 Å². The Hall–Kier alpha value is -0.200. The predicted molar refractivity (Wildman–Crippen MR) is 58.2 cm³/mol. The molecule has 2 rings (SSSR count). The van der Waals surface area contributed by atoms with Gasteiger partial charge in [0.05, 0.1) is 19.3 Å². The van der Waals surface area contributed by atoms with Crippen LogP contribution in [-0.2, 0) is 4.74 Å². The molecule has 1 atom stereocenters. The molecule has 2 fully saturated rings. The lowest BCUT2D eigenvalue weighted by molar-refractivity contribution is -0.161. The minimum atomic E-state index is -0.0841. The first-order valence-electron chi connectivity index (χ1n) is 5.30. The van der Waals surface area contributed by atoms with Crippen molar-refractivity contribution < 1.29 is 4.74 Å². The third-order valence-electron chi connectivity index (χ3n) is 3.34. The molecule has 1 saturated carbocycles. The Labute approximate surface area is 90.0 Å². The largest absolute Gasteiger partial charge is 0.380 e. The number of ether oxygens (including phenoxy) is 1. The fraction of sp³-hybridized carbons (Fsp3) is 0.909. The summed E-state index contributed by atoms with van der Waals surface area (Å²) in [6.45, 7) is 6.17. The molecule has 1 unspecified atom stereocenters. The van der Waals surface area contributed by atoms with Gasteiger partial charge in [-0.1, -0.05) is 13.8 Å². The van der Waals surface area contributed by atoms with E-state index in [0.717, 1.165) is 32.5 Å². The quantitative estimate of drug-likeness (QED) is 0.719. The average molecular weight is 211 g/mol. The molecule has 0 aromatic carbocycles. The second kappa shape index (κ2) is 3.43. The Morgan fingerprint density at radius 2 is 2.14 bits per heavy atom. The van der Waals surface area contributed by atoms with Gasteiger partial charge in [-0.05, 0) is 19.3 Å². The molecule has 2 nitrogen and oxygen atoms in total. The zero-order chi connectivity index (χ0) is 10.2. The third-order valence-corrected chi connectivity index (χ3v) is 4.91. The van der Waals surface area contributed by atoms with Crippen molar-refractivity contribution in [2.45, 2.75) is 43.1 Å². The lowest BCUT2D eigenvalue weighted by Gasteiger charge is -2.57. The first kappa shape index (κ1) is 10.3. The maximum absolute atomic E-state index is 9.22. The summed E-state index contributed by atoms with van der Waals surface area (Å²) in [5.74, 6) is 0. The van der Waals surface area contributed by atoms with E-state index in [-0.39, 0.29) is 4.75 Å². The molecule has 0 amide bonds. The molecule has 0 bridgehead atoms. The topological polar surface area (TPSA) is 33.0 Å². The van der Waals surface area contributed by atoms with Gasteiger partial charge in [-0.3, -0.25) is 0 Å². The van der Waals surface area contributed by atoms with Crippen LogP contribution in [0.4, 0.5) is 0 Å². The Morgan fingerprint density at radius 1 is 1.50 bits per heavy atom. The monoisotopic (exact) mass is 211 g/mol. The normalized spacial score (nSPS) is 28.6. The molecule has 1 spiro atoms. The van der Waals surface area contributed by atoms with Gasteiger partial charge in [-0.25, -0.2) is 0 Å². The summed E-state index contributed by atoms with van der Waals surface area (Å²) in [7, 11) is 0. The smallest absolute Gasteiger partial charge is 0.104 e. The summed E-state index contributed by atoms with van der Waals surface area (Å²) >= 11 is 1.87. The second-order valence-electron chi connectivity index (χ2n) is 4.79. The maximum Gasteiger partial charge on any atom is 0.104 e. The maximum atomic E-state index is 9.22. The number of thioether (sulfide) groups is 1. The van der Waals surface area contributed by atoms with Gasteiger partial charge in [-0.15, -0.1) is 11.8 Å². The number of nitrogens with zero attached hydrogens (tertiary/aromatic N) is 1. The second-order valence-corrected chi connectivity index (χ2v) is 6.61. The molecule has 1 aliphatic heterocycles. The molecular formula is C11H17NOS. The summed E-state index contributed by atoms with van der Waals surface area (Å²) in [5.41, 5.74) is 0.399. The molecule has 0 aromatic rings. The number of hydrogen-bond donors (Lipinski definition) is 0. The molecule has 1 aliphatic carbocycles. The van der Waals surface area contributed by atoms with Crippen molar-refractivity contribution in [3.05, 3.63) is 0 Å². The number of nitriles is 1. The van der Waals surface area contributed by atoms with Crippen molar-refractivity contribution >= 4 is 11.8 Å². The fourth-order valence-corrected chi connectivity index (χ4v) is 4.18. The minimum absolute atomic E-state index is 0.0841. The van der Waals surface area contributed by atoms with Crippen LogP contribution in [-0.4, -0.2) is 23.2 Å². The minimum Gasteiger partial charge on any atom is -0.380 e. The molecule has 0 N–H and O–H groups in total. The van der Waals surface area contributed by atoms with Crippen molar-refractivity contribution in [1.82, 2.24) is 0 Å². The van der Waals surface area contributed by atoms with Gasteiger partial charge in [0, 0.05) is 10.7 Å². The van der Waals surface area contributed by atoms with Crippen LogP contribution in [0.3, 0.4) is 0 Å². The Morgan fingerprint density at radius 3 is 2.50 bits per heavy atom. The van der Waals surface area contributed by atoms with Crippen LogP contribution in [0.15, 0.2) is 0 Å². The highest BCUT2D eigenvalue weighted by atomic mass is 32.2. The molecule has 1 saturated heterocycles. The summed E-state index contributed by atoms with van der Waals surface area (Å²) in [4.78, 5) is 0. The summed E-state index contributed by atoms with van der Waals surface area (Å²) in [6, 6.07) is 2.51. The van der Waals surface area contributed by atoms with Gasteiger partial charge in [0.15, 0.2) is 0 Å². The molecule has 78 valence electrons. The summed E-state index contributed by atoms with van der Waals surface area (Å²) in [6.07, 6.45) is 3.24. The zero-order valence-electron chi connectivity index (χ0n) is 8.88. The van der Waals surface area contributed by atoms with Crippen LogP contribution in [0.25, 0.3) is 0 Å². The SMILES string of the molecule is CCC(C)SC1(C#N)CC2(COC2)C1. The lowest BCUT2D eigenvalue weighted by Crippen LogP contribution is -2.59. The van der Waals surface area contributed by atoms with Crippen molar-refractivity contribution in [2.75, 3.05) is 13.2 Å². The first-order valence-corrected chi connectivity index (χ1v) is 6.18. The van der Waals surface area contributed by atoms with Gasteiger partial charge < -0.3 is 4.74 Å². The van der Waals surface area contributed by atoms with E-state index in [2.05, 4.69) is 19.9 Å². The van der Waals surface area contributed by atoms with E-state index in [1.54, 1.807) is 0 Å². The van der Waals surface area contributed by atoms with Crippen molar-refractivity contribution in [1.29, 1.82) is 5.26 Å². The zero-order valence-corrected chi connectivity index (χ0v) is 9.69. The van der Waals surface area contributed by atoms with E-state index in [4.69, 9.17) is 4.74 Å². The van der Waals surface area contributed by atoms with Crippen LogP contribution in [0.5, 0.6) is 0 Å². The highest BCUT2D eigenvalue weighted by Gasteiger charge is 2.59. The molecular weight excluding hydrogens is 194 g/mol. The van der Waals surface area contributed by atoms with E-state index < -0.39 is 0 Å². The van der Waals surface area contributed by atoms with Crippen LogP contribution in [0.1, 0.15) is 33.1 Å². The standard InChI is InChI=1S/C11H17NOS/c1-3-9(2)14-11(6-12)4-10(5-11)7-13-8-10/h9H,3-5,7-8H2,1-2H3. The van der Waals surface area contributed by atoms with E-state index in [1.165, 1.54) is 0 Å². The van der Waals surface area contributed by atoms with E-state index >= 15 is 0 Å². The van der Waals surface area contributed by atoms with Gasteiger partial charge in [-0.2, -0.15) is 5.26 Å². The van der Waals surface area contributed by atoms with E-state index in [9.17, 15) is 5.26 Å². The number of rotatable bonds is 3. The van der Waals surface area contributed by atoms with Gasteiger partial charge in [0.25, 0.3) is 0 Å². The molecule has 2 aliphatic rings. The van der Waals surface area contributed by atoms with Crippen molar-refractivity contribution in [3.63, 3.8) is 0 Å². The highest BCUT2D eigenvalue weighted by molar-refractivity contribution is 8.01. The Bertz CT molecular complexity index is 253. The molecule has 14 heavy (non-hydrogen) atoms. The fourth-order valence-electron chi connectivity index (χ4n) is 2.41. The highest BCUT2D eigenvalue weighted by Crippen LogP contribution is 2.59. The molecule has 0 aromatic heterocycles. The van der Waals surface area contributed by atoms with Crippen LogP contribution >= 0.6 is 11.8 Å². The first-order chi connectivity index (χ1) is 6.64. The number of hydrogen-bond acceptors (Lipinski definition) is 3. The van der Waals surface area contributed by atoms with Gasteiger partial charge in [0.1, 0.15) is 4.75 Å². The average Bonchev–Trinajstić information content (AvgIpc) is 2.07. The van der Waals surface area contributed by atoms with Gasteiger partial charge >= 0.3 is 0 Å².